The number of benzene rings is 2. The Bertz CT molecular complexity index is 1120. The van der Waals surface area contributed by atoms with Gasteiger partial charge in [-0.15, -0.1) is 27.0 Å². The van der Waals surface area contributed by atoms with Gasteiger partial charge in [0.25, 0.3) is 0 Å². The summed E-state index contributed by atoms with van der Waals surface area (Å²) in [7, 11) is 1.64. The maximum Gasteiger partial charge on any atom is 0.247 e. The van der Waals surface area contributed by atoms with E-state index < -0.39 is 0 Å². The molecule has 0 saturated heterocycles. The first kappa shape index (κ1) is 19.9. The molecule has 0 aliphatic heterocycles. The number of aromatic nitrogens is 5. The zero-order valence-corrected chi connectivity index (χ0v) is 17.5. The Morgan fingerprint density at radius 1 is 1.03 bits per heavy atom. The molecule has 152 valence electrons. The van der Waals surface area contributed by atoms with Gasteiger partial charge in [-0.3, -0.25) is 4.57 Å². The van der Waals surface area contributed by atoms with Crippen LogP contribution in [0.4, 0.5) is 0 Å². The number of ether oxygens (including phenoxy) is 1. The molecule has 0 amide bonds. The van der Waals surface area contributed by atoms with Gasteiger partial charge in [0.05, 0.1) is 12.4 Å². The van der Waals surface area contributed by atoms with Gasteiger partial charge in [-0.1, -0.05) is 36.0 Å². The lowest BCUT2D eigenvalue weighted by Crippen LogP contribution is -2.02. The van der Waals surface area contributed by atoms with Crippen LogP contribution in [0.3, 0.4) is 0 Å². The van der Waals surface area contributed by atoms with E-state index in [4.69, 9.17) is 9.15 Å². The summed E-state index contributed by atoms with van der Waals surface area (Å²) in [6, 6.07) is 17.4. The third-order valence-electron chi connectivity index (χ3n) is 4.47. The first-order valence-corrected chi connectivity index (χ1v) is 10.3. The second-order valence-corrected chi connectivity index (χ2v) is 7.81. The molecule has 0 bridgehead atoms. The van der Waals surface area contributed by atoms with Crippen molar-refractivity contribution < 1.29 is 9.15 Å². The van der Waals surface area contributed by atoms with E-state index in [1.54, 1.807) is 7.11 Å². The largest absolute Gasteiger partial charge is 0.497 e. The summed E-state index contributed by atoms with van der Waals surface area (Å²) in [5, 5.41) is 17.8. The average molecular weight is 420 g/mol. The topological polar surface area (TPSA) is 78.9 Å². The van der Waals surface area contributed by atoms with Gasteiger partial charge in [-0.2, -0.15) is 0 Å². The lowest BCUT2D eigenvalue weighted by Gasteiger charge is -2.10. The highest BCUT2D eigenvalue weighted by Crippen LogP contribution is 2.36. The van der Waals surface area contributed by atoms with Gasteiger partial charge in [0.1, 0.15) is 5.75 Å². The Labute approximate surface area is 178 Å². The van der Waals surface area contributed by atoms with Crippen molar-refractivity contribution in [2.45, 2.75) is 23.9 Å². The highest BCUT2D eigenvalue weighted by Gasteiger charge is 2.21. The van der Waals surface area contributed by atoms with Gasteiger partial charge in [-0.05, 0) is 43.3 Å². The van der Waals surface area contributed by atoms with E-state index in [9.17, 15) is 0 Å². The number of methoxy groups -OCH3 is 1. The lowest BCUT2D eigenvalue weighted by atomic mass is 10.2. The highest BCUT2D eigenvalue weighted by atomic mass is 32.2. The Hall–Kier alpha value is -3.39. The fourth-order valence-corrected chi connectivity index (χ4v) is 3.82. The second-order valence-electron chi connectivity index (χ2n) is 6.51. The molecule has 0 N–H and O–H groups in total. The first-order chi connectivity index (χ1) is 14.7. The molecule has 4 rings (SSSR count). The van der Waals surface area contributed by atoms with Crippen LogP contribution in [-0.2, 0) is 6.54 Å². The van der Waals surface area contributed by atoms with Crippen molar-refractivity contribution in [3.63, 3.8) is 0 Å². The van der Waals surface area contributed by atoms with Gasteiger partial charge in [0.15, 0.2) is 11.0 Å². The molecule has 0 spiro atoms. The quantitative estimate of drug-likeness (QED) is 0.292. The Morgan fingerprint density at radius 3 is 2.50 bits per heavy atom. The van der Waals surface area contributed by atoms with Crippen LogP contribution in [0.1, 0.15) is 18.1 Å². The zero-order valence-electron chi connectivity index (χ0n) is 16.7. The van der Waals surface area contributed by atoms with Crippen molar-refractivity contribution in [2.24, 2.45) is 0 Å². The van der Waals surface area contributed by atoms with Crippen LogP contribution in [0.5, 0.6) is 5.75 Å². The molecule has 0 aliphatic carbocycles. The molecule has 2 aromatic carbocycles. The lowest BCUT2D eigenvalue weighted by molar-refractivity contribution is 0.415. The molecule has 4 aromatic rings. The van der Waals surface area contributed by atoms with Crippen molar-refractivity contribution in [1.82, 2.24) is 25.0 Å². The first-order valence-electron chi connectivity index (χ1n) is 9.43. The average Bonchev–Trinajstić information content (AvgIpc) is 3.43. The van der Waals surface area contributed by atoms with Crippen molar-refractivity contribution in [1.29, 1.82) is 0 Å². The predicted molar refractivity (Wildman–Crippen MR) is 116 cm³/mol. The van der Waals surface area contributed by atoms with Crippen LogP contribution in [0.25, 0.3) is 22.8 Å². The van der Waals surface area contributed by atoms with Crippen molar-refractivity contribution >= 4 is 11.8 Å². The molecule has 8 heteroatoms. The molecule has 0 saturated carbocycles. The summed E-state index contributed by atoms with van der Waals surface area (Å²) in [6.45, 7) is 6.46. The van der Waals surface area contributed by atoms with E-state index in [-0.39, 0.29) is 5.25 Å². The zero-order chi connectivity index (χ0) is 20.9. The van der Waals surface area contributed by atoms with Crippen LogP contribution < -0.4 is 4.74 Å². The Balaban J connectivity index is 1.57. The van der Waals surface area contributed by atoms with Crippen LogP contribution in [0.15, 0.2) is 76.8 Å². The van der Waals surface area contributed by atoms with Gasteiger partial charge < -0.3 is 9.15 Å². The van der Waals surface area contributed by atoms with Crippen molar-refractivity contribution in [2.75, 3.05) is 7.11 Å². The van der Waals surface area contributed by atoms with E-state index in [0.717, 1.165) is 27.9 Å². The summed E-state index contributed by atoms with van der Waals surface area (Å²) in [6.07, 6.45) is 1.82. The molecule has 0 radical (unpaired) electrons. The molecule has 30 heavy (non-hydrogen) atoms. The van der Waals surface area contributed by atoms with E-state index in [0.29, 0.717) is 18.3 Å². The number of thioether (sulfide) groups is 1. The third kappa shape index (κ3) is 4.13. The SMILES string of the molecule is C=CCn1c(S[C@H](C)c2nnc(-c3ccccc3)o2)nnc1-c1ccc(OC)cc1. The Morgan fingerprint density at radius 2 is 1.80 bits per heavy atom. The number of hydrogen-bond donors (Lipinski definition) is 0. The van der Waals surface area contributed by atoms with Gasteiger partial charge in [0, 0.05) is 17.7 Å². The minimum Gasteiger partial charge on any atom is -0.497 e. The molecule has 0 unspecified atom stereocenters. The molecule has 2 aromatic heterocycles. The van der Waals surface area contributed by atoms with Gasteiger partial charge in [-0.25, -0.2) is 0 Å². The van der Waals surface area contributed by atoms with E-state index in [1.807, 2.05) is 72.2 Å². The second kappa shape index (κ2) is 8.96. The molecule has 1 atom stereocenters. The molecular formula is C22H21N5O2S. The fourth-order valence-electron chi connectivity index (χ4n) is 2.93. The molecule has 2 heterocycles. The number of hydrogen-bond acceptors (Lipinski definition) is 7. The van der Waals surface area contributed by atoms with Gasteiger partial charge >= 0.3 is 0 Å². The van der Waals surface area contributed by atoms with E-state index in [1.165, 1.54) is 11.8 Å². The summed E-state index contributed by atoms with van der Waals surface area (Å²) in [5.41, 5.74) is 1.85. The summed E-state index contributed by atoms with van der Waals surface area (Å²) in [5.74, 6) is 2.60. The number of rotatable bonds is 8. The normalized spacial score (nSPS) is 11.9. The highest BCUT2D eigenvalue weighted by molar-refractivity contribution is 7.99. The van der Waals surface area contributed by atoms with Crippen LogP contribution >= 0.6 is 11.8 Å². The maximum atomic E-state index is 5.89. The maximum absolute atomic E-state index is 5.89. The number of allylic oxidation sites excluding steroid dienone is 1. The van der Waals surface area contributed by atoms with Crippen LogP contribution in [0.2, 0.25) is 0 Å². The smallest absolute Gasteiger partial charge is 0.247 e. The van der Waals surface area contributed by atoms with Crippen molar-refractivity contribution in [3.8, 4) is 28.6 Å². The predicted octanol–water partition coefficient (Wildman–Crippen LogP) is 5.04. The fraction of sp³-hybridized carbons (Fsp3) is 0.182. The monoisotopic (exact) mass is 419 g/mol. The summed E-state index contributed by atoms with van der Waals surface area (Å²) < 4.78 is 13.1. The molecule has 0 fully saturated rings. The van der Waals surface area contributed by atoms with Crippen LogP contribution in [-0.4, -0.2) is 32.1 Å². The molecule has 0 aliphatic rings. The van der Waals surface area contributed by atoms with Crippen LogP contribution in [0, 0.1) is 0 Å². The minimum absolute atomic E-state index is 0.0913. The van der Waals surface area contributed by atoms with Gasteiger partial charge in [0.2, 0.25) is 11.8 Å². The van der Waals surface area contributed by atoms with Crippen molar-refractivity contribution in [3.05, 3.63) is 73.1 Å². The standard InChI is InChI=1S/C22H21N5O2S/c1-4-14-27-19(16-10-12-18(28-3)13-11-16)23-26-22(27)30-15(2)20-24-25-21(29-20)17-8-6-5-7-9-17/h4-13,15H,1,14H2,2-3H3/t15-/m1/s1. The summed E-state index contributed by atoms with van der Waals surface area (Å²) in [4.78, 5) is 0. The Kier molecular flexibility index (Phi) is 5.94. The summed E-state index contributed by atoms with van der Waals surface area (Å²) >= 11 is 1.52. The van der Waals surface area contributed by atoms with E-state index >= 15 is 0 Å². The molecule has 7 nitrogen and oxygen atoms in total. The molecular weight excluding hydrogens is 398 g/mol. The third-order valence-corrected chi connectivity index (χ3v) is 5.54. The number of nitrogens with zero attached hydrogens (tertiary/aromatic N) is 5. The minimum atomic E-state index is -0.0913. The van der Waals surface area contributed by atoms with E-state index in [2.05, 4.69) is 27.0 Å².